The summed E-state index contributed by atoms with van der Waals surface area (Å²) in [7, 11) is -3.46. The maximum absolute atomic E-state index is 12.7. The molecule has 0 radical (unpaired) electrons. The summed E-state index contributed by atoms with van der Waals surface area (Å²) >= 11 is 0. The van der Waals surface area contributed by atoms with Gasteiger partial charge in [0, 0.05) is 6.04 Å². The molecule has 21 heavy (non-hydrogen) atoms. The molecule has 1 fully saturated rings. The minimum Gasteiger partial charge on any atom is -0.316 e. The Morgan fingerprint density at radius 2 is 1.86 bits per heavy atom. The second-order valence-electron chi connectivity index (χ2n) is 6.24. The summed E-state index contributed by atoms with van der Waals surface area (Å²) in [4.78, 5) is 0.434. The Bertz CT molecular complexity index is 582. The van der Waals surface area contributed by atoms with E-state index in [0.717, 1.165) is 42.6 Å². The molecule has 5 heteroatoms. The third-order valence-corrected chi connectivity index (χ3v) is 6.12. The topological polar surface area (TPSA) is 58.2 Å². The van der Waals surface area contributed by atoms with E-state index in [-0.39, 0.29) is 6.04 Å². The molecule has 2 rings (SSSR count). The van der Waals surface area contributed by atoms with Crippen LogP contribution in [0, 0.1) is 26.7 Å². The summed E-state index contributed by atoms with van der Waals surface area (Å²) in [5, 5.41) is 3.34. The van der Waals surface area contributed by atoms with Crippen molar-refractivity contribution in [3.8, 4) is 0 Å². The second kappa shape index (κ2) is 6.46. The van der Waals surface area contributed by atoms with E-state index in [9.17, 15) is 8.42 Å². The number of aryl methyl sites for hydroxylation is 3. The summed E-state index contributed by atoms with van der Waals surface area (Å²) in [6, 6.07) is 3.80. The molecule has 1 aromatic carbocycles. The lowest BCUT2D eigenvalue weighted by Crippen LogP contribution is -2.44. The van der Waals surface area contributed by atoms with Crippen molar-refractivity contribution in [2.24, 2.45) is 5.92 Å². The van der Waals surface area contributed by atoms with Gasteiger partial charge in [-0.15, -0.1) is 0 Å². The number of hydrogen-bond donors (Lipinski definition) is 2. The molecule has 2 atom stereocenters. The Morgan fingerprint density at radius 1 is 1.24 bits per heavy atom. The molecule has 0 bridgehead atoms. The molecule has 4 nitrogen and oxygen atoms in total. The van der Waals surface area contributed by atoms with E-state index in [1.165, 1.54) is 0 Å². The lowest BCUT2D eigenvalue weighted by atomic mass is 9.94. The second-order valence-corrected chi connectivity index (χ2v) is 7.90. The number of hydrogen-bond acceptors (Lipinski definition) is 3. The first-order valence-electron chi connectivity index (χ1n) is 7.62. The molecule has 0 aliphatic carbocycles. The van der Waals surface area contributed by atoms with Crippen LogP contribution < -0.4 is 10.0 Å². The number of nitrogens with one attached hydrogen (secondary N) is 2. The largest absolute Gasteiger partial charge is 0.316 e. The van der Waals surface area contributed by atoms with Crippen LogP contribution in [-0.2, 0) is 10.0 Å². The molecular formula is C16H26N2O2S. The van der Waals surface area contributed by atoms with Crippen LogP contribution in [0.1, 0.15) is 36.5 Å². The van der Waals surface area contributed by atoms with Crippen LogP contribution in [0.5, 0.6) is 0 Å². The number of piperidine rings is 1. The van der Waals surface area contributed by atoms with Crippen LogP contribution in [0.15, 0.2) is 17.0 Å². The lowest BCUT2D eigenvalue weighted by molar-refractivity contribution is 0.320. The number of benzene rings is 1. The van der Waals surface area contributed by atoms with Crippen LogP contribution in [0.3, 0.4) is 0 Å². The van der Waals surface area contributed by atoms with Gasteiger partial charge in [0.15, 0.2) is 0 Å². The van der Waals surface area contributed by atoms with Gasteiger partial charge in [0.25, 0.3) is 0 Å². The molecule has 1 aliphatic rings. The van der Waals surface area contributed by atoms with Crippen molar-refractivity contribution < 1.29 is 8.42 Å². The van der Waals surface area contributed by atoms with Crippen molar-refractivity contribution in [1.29, 1.82) is 0 Å². The highest BCUT2D eigenvalue weighted by molar-refractivity contribution is 7.89. The van der Waals surface area contributed by atoms with E-state index in [1.54, 1.807) is 0 Å². The molecular weight excluding hydrogens is 284 g/mol. The first-order chi connectivity index (χ1) is 9.81. The molecule has 0 amide bonds. The molecule has 118 valence electrons. The first kappa shape index (κ1) is 16.5. The smallest absolute Gasteiger partial charge is 0.241 e. The van der Waals surface area contributed by atoms with Crippen molar-refractivity contribution in [2.45, 2.75) is 51.5 Å². The summed E-state index contributed by atoms with van der Waals surface area (Å²) in [5.74, 6) is 0.361. The molecule has 0 saturated carbocycles. The summed E-state index contributed by atoms with van der Waals surface area (Å²) in [6.45, 7) is 9.60. The third-order valence-electron chi connectivity index (χ3n) is 4.26. The van der Waals surface area contributed by atoms with E-state index in [1.807, 2.05) is 39.8 Å². The fourth-order valence-electron chi connectivity index (χ4n) is 3.30. The molecule has 0 aromatic heterocycles. The van der Waals surface area contributed by atoms with Crippen LogP contribution in [0.4, 0.5) is 0 Å². The predicted octanol–water partition coefficient (Wildman–Crippen LogP) is 2.28. The average molecular weight is 310 g/mol. The Labute approximate surface area is 128 Å². The minimum atomic E-state index is -3.46. The third kappa shape index (κ3) is 3.84. The van der Waals surface area contributed by atoms with Gasteiger partial charge < -0.3 is 5.32 Å². The van der Waals surface area contributed by atoms with Crippen LogP contribution in [0.25, 0.3) is 0 Å². The number of sulfonamides is 1. The van der Waals surface area contributed by atoms with Gasteiger partial charge in [-0.05, 0) is 70.7 Å². The van der Waals surface area contributed by atoms with Gasteiger partial charge in [-0.25, -0.2) is 13.1 Å². The highest BCUT2D eigenvalue weighted by Gasteiger charge is 2.27. The standard InChI is InChI=1S/C16H26N2O2S/c1-11-8-12(2)16(13(3)9-11)21(19,20)18-14(4)15-6-5-7-17-10-15/h8-9,14-15,17-18H,5-7,10H2,1-4H3. The monoisotopic (exact) mass is 310 g/mol. The normalized spacial score (nSPS) is 21.2. The zero-order valence-corrected chi connectivity index (χ0v) is 14.2. The number of rotatable bonds is 4. The molecule has 2 unspecified atom stereocenters. The quantitative estimate of drug-likeness (QED) is 0.897. The first-order valence-corrected chi connectivity index (χ1v) is 9.10. The maximum Gasteiger partial charge on any atom is 0.241 e. The van der Waals surface area contributed by atoms with Gasteiger partial charge in [-0.2, -0.15) is 0 Å². The van der Waals surface area contributed by atoms with Gasteiger partial charge in [0.05, 0.1) is 4.90 Å². The lowest BCUT2D eigenvalue weighted by Gasteiger charge is -2.29. The summed E-state index contributed by atoms with van der Waals surface area (Å²) in [5.41, 5.74) is 2.72. The average Bonchev–Trinajstić information content (AvgIpc) is 2.37. The molecule has 1 heterocycles. The Morgan fingerprint density at radius 3 is 2.38 bits per heavy atom. The predicted molar refractivity (Wildman–Crippen MR) is 86.0 cm³/mol. The fourth-order valence-corrected chi connectivity index (χ4v) is 5.06. The zero-order valence-electron chi connectivity index (χ0n) is 13.4. The Kier molecular flexibility index (Phi) is 5.07. The van der Waals surface area contributed by atoms with E-state index in [0.29, 0.717) is 10.8 Å². The van der Waals surface area contributed by atoms with Gasteiger partial charge in [-0.1, -0.05) is 17.7 Å². The summed E-state index contributed by atoms with van der Waals surface area (Å²) < 4.78 is 28.3. The van der Waals surface area contributed by atoms with Crippen molar-refractivity contribution in [2.75, 3.05) is 13.1 Å². The maximum atomic E-state index is 12.7. The molecule has 1 aromatic rings. The van der Waals surface area contributed by atoms with E-state index >= 15 is 0 Å². The molecule has 2 N–H and O–H groups in total. The van der Waals surface area contributed by atoms with Crippen LogP contribution >= 0.6 is 0 Å². The van der Waals surface area contributed by atoms with Gasteiger partial charge in [0.1, 0.15) is 0 Å². The molecule has 1 saturated heterocycles. The van der Waals surface area contributed by atoms with Gasteiger partial charge >= 0.3 is 0 Å². The highest BCUT2D eigenvalue weighted by Crippen LogP contribution is 2.23. The van der Waals surface area contributed by atoms with E-state index < -0.39 is 10.0 Å². The Hall–Kier alpha value is -0.910. The van der Waals surface area contributed by atoms with Gasteiger partial charge in [-0.3, -0.25) is 0 Å². The van der Waals surface area contributed by atoms with Crippen molar-refractivity contribution in [1.82, 2.24) is 10.0 Å². The fraction of sp³-hybridized carbons (Fsp3) is 0.625. The minimum absolute atomic E-state index is 0.0529. The van der Waals surface area contributed by atoms with Gasteiger partial charge in [0.2, 0.25) is 10.0 Å². The molecule has 1 aliphatic heterocycles. The van der Waals surface area contributed by atoms with Crippen molar-refractivity contribution in [3.63, 3.8) is 0 Å². The van der Waals surface area contributed by atoms with E-state index in [4.69, 9.17) is 0 Å². The van der Waals surface area contributed by atoms with Crippen molar-refractivity contribution >= 4 is 10.0 Å². The SMILES string of the molecule is Cc1cc(C)c(S(=O)(=O)NC(C)C2CCCNC2)c(C)c1. The zero-order chi connectivity index (χ0) is 15.6. The van der Waals surface area contributed by atoms with Crippen LogP contribution in [-0.4, -0.2) is 27.5 Å². The highest BCUT2D eigenvalue weighted by atomic mass is 32.2. The van der Waals surface area contributed by atoms with Crippen LogP contribution in [0.2, 0.25) is 0 Å². The van der Waals surface area contributed by atoms with Crippen molar-refractivity contribution in [3.05, 3.63) is 28.8 Å². The summed E-state index contributed by atoms with van der Waals surface area (Å²) in [6.07, 6.45) is 2.18. The van der Waals surface area contributed by atoms with E-state index in [2.05, 4.69) is 10.0 Å². The molecule has 0 spiro atoms. The Balaban J connectivity index is 2.22.